The van der Waals surface area contributed by atoms with Crippen LogP contribution in [0, 0.1) is 0 Å². The minimum atomic E-state index is 0.602. The van der Waals surface area contributed by atoms with Crippen molar-refractivity contribution in [1.82, 2.24) is 57.3 Å². The smallest absolute Gasteiger partial charge is 0.236 e. The van der Waals surface area contributed by atoms with E-state index in [4.69, 9.17) is 34.3 Å². The Morgan fingerprint density at radius 1 is 0.163 bits per heavy atom. The van der Waals surface area contributed by atoms with Crippen molar-refractivity contribution >= 4 is 207 Å². The Morgan fingerprint density at radius 3 is 0.782 bits per heavy atom. The molecule has 0 amide bonds. The summed E-state index contributed by atoms with van der Waals surface area (Å²) >= 11 is 0. The fourth-order valence-corrected chi connectivity index (χ4v) is 23.5. The van der Waals surface area contributed by atoms with Crippen LogP contribution in [0.5, 0.6) is 0 Å². The van der Waals surface area contributed by atoms with E-state index in [1.807, 2.05) is 60.7 Å². The van der Waals surface area contributed by atoms with Crippen LogP contribution in [0.3, 0.4) is 0 Å². The second kappa shape index (κ2) is 33.3. The van der Waals surface area contributed by atoms with Crippen molar-refractivity contribution in [3.8, 4) is 79.5 Å². The zero-order valence-electron chi connectivity index (χ0n) is 79.1. The molecule has 12 aromatic heterocycles. The largest absolute Gasteiger partial charge is 0.452 e. The Kier molecular flexibility index (Phi) is 18.8. The summed E-state index contributed by atoms with van der Waals surface area (Å²) in [4.78, 5) is 31.5. The number of rotatable bonds is 10. The number of aromatic nitrogens is 12. The van der Waals surface area contributed by atoms with Crippen molar-refractivity contribution in [3.63, 3.8) is 0 Å². The van der Waals surface area contributed by atoms with Gasteiger partial charge in [0.2, 0.25) is 5.95 Å². The van der Waals surface area contributed by atoms with E-state index in [1.165, 1.54) is 125 Å². The number of furan rings is 1. The third kappa shape index (κ3) is 12.9. The third-order valence-corrected chi connectivity index (χ3v) is 29.7. The number of benzene rings is 20. The van der Waals surface area contributed by atoms with Gasteiger partial charge in [-0.05, 0) is 177 Å². The molecular formula is C134H82N12O. The molecule has 0 unspecified atom stereocenters. The van der Waals surface area contributed by atoms with E-state index in [2.05, 4.69) is 464 Å². The molecule has 32 rings (SSSR count). The van der Waals surface area contributed by atoms with E-state index < -0.39 is 0 Å². The summed E-state index contributed by atoms with van der Waals surface area (Å²) < 4.78 is 20.8. The zero-order chi connectivity index (χ0) is 96.4. The SMILES string of the molecule is c1ccc(-c2ccc(-c3ccc4nc(-n5c6ccccc6c6c7ccccc7c7c8ccccc8n(-c8ccccc8)c7c65)ccc4n3)cc2)cc1.c1ccc(-c2ccc3nc(-n4c5ccccc5c5c6ccccc6c6c7ccccc7n(-c7ccccc7)c6c54)ccc3n2)cc1.c1ccc(-c2nc(-n3c4ccccc4c4c5ccccc5c5c6ccccc6n(-c6ccccc6)c5c43)nc3c2oc2ccccc23)cc1. The van der Waals surface area contributed by atoms with Gasteiger partial charge < -0.3 is 18.1 Å². The molecule has 0 N–H and O–H groups in total. The van der Waals surface area contributed by atoms with Crippen molar-refractivity contribution in [2.75, 3.05) is 0 Å². The van der Waals surface area contributed by atoms with Crippen LogP contribution < -0.4 is 0 Å². The maximum absolute atomic E-state index is 6.49. The Hall–Kier alpha value is -20.0. The molecule has 0 aliphatic carbocycles. The topological polar surface area (TPSA) is 120 Å². The first-order valence-electron chi connectivity index (χ1n) is 49.8. The van der Waals surface area contributed by atoms with E-state index >= 15 is 0 Å². The summed E-state index contributed by atoms with van der Waals surface area (Å²) in [6, 6.07) is 176. The van der Waals surface area contributed by atoms with Crippen LogP contribution in [-0.2, 0) is 0 Å². The fourth-order valence-electron chi connectivity index (χ4n) is 23.5. The molecule has 0 saturated carbocycles. The number of nitrogens with zero attached hydrogens (tertiary/aromatic N) is 12. The van der Waals surface area contributed by atoms with Crippen LogP contribution in [0.25, 0.3) is 287 Å². The molecule has 0 atom stereocenters. The van der Waals surface area contributed by atoms with Crippen molar-refractivity contribution in [2.45, 2.75) is 0 Å². The standard InChI is InChI=1S/C48H30N4.C44H26N4O.C42H26N4/c1-3-13-31(14-4-1)32-23-25-33(26-24-32)39-27-28-41-40(49-39)29-30-44(50-41)52-43-22-12-10-20-38(43)46-36-18-8-7-17-35(36)45-37-19-9-11-21-42(37)51(47(45)48(46)52)34-15-5-2-6-16-34;1-3-15-27(16-4-1)39-43-40(33-23-11-14-26-36(33)49-43)46-44(45-39)48-35-25-13-10-22-32(35)38-30-20-8-7-19-29(30)37-31-21-9-12-24-34(31)47(41(37)42(38)48)28-17-5-2-6-18-28;1-3-13-27(14-4-1)33-23-24-35-34(43-33)25-26-38(44-35)46-37-22-12-10-20-32(37)40-30-18-8-7-17-29(30)39-31-19-9-11-21-36(31)45(41(39)42(40)46)28-15-5-2-6-16-28/h1-30H;1-26H;1-26H. The van der Waals surface area contributed by atoms with Crippen LogP contribution in [-0.4, -0.2) is 57.3 Å². The number of para-hydroxylation sites is 10. The average Bonchev–Trinajstić information content (AvgIpc) is 1.53. The van der Waals surface area contributed by atoms with Crippen molar-refractivity contribution < 1.29 is 4.42 Å². The van der Waals surface area contributed by atoms with Crippen LogP contribution >= 0.6 is 0 Å². The quantitative estimate of drug-likeness (QED) is 0.134. The van der Waals surface area contributed by atoms with Gasteiger partial charge in [-0.25, -0.2) is 29.9 Å². The molecule has 13 heteroatoms. The molecule has 0 aliphatic heterocycles. The highest BCUT2D eigenvalue weighted by molar-refractivity contribution is 6.40. The normalized spacial score (nSPS) is 11.9. The lowest BCUT2D eigenvalue weighted by Gasteiger charge is -2.14. The summed E-state index contributed by atoms with van der Waals surface area (Å²) in [7, 11) is 0. The van der Waals surface area contributed by atoms with Crippen molar-refractivity contribution in [2.24, 2.45) is 0 Å². The molecule has 0 fully saturated rings. The lowest BCUT2D eigenvalue weighted by Crippen LogP contribution is -2.04. The number of pyridine rings is 4. The minimum absolute atomic E-state index is 0.602. The first kappa shape index (κ1) is 82.8. The van der Waals surface area contributed by atoms with Crippen LogP contribution in [0.2, 0.25) is 0 Å². The van der Waals surface area contributed by atoms with E-state index in [-0.39, 0.29) is 0 Å². The van der Waals surface area contributed by atoms with E-state index in [9.17, 15) is 0 Å². The number of fused-ring (bicyclic) bond motifs is 35. The molecule has 0 aliphatic rings. The number of hydrogen-bond acceptors (Lipinski definition) is 7. The Morgan fingerprint density at radius 2 is 0.415 bits per heavy atom. The molecule has 0 bridgehead atoms. The van der Waals surface area contributed by atoms with Crippen molar-refractivity contribution in [1.29, 1.82) is 0 Å². The predicted molar refractivity (Wildman–Crippen MR) is 609 cm³/mol. The summed E-state index contributed by atoms with van der Waals surface area (Å²) in [6.45, 7) is 0. The highest BCUT2D eigenvalue weighted by Crippen LogP contribution is 2.53. The van der Waals surface area contributed by atoms with E-state index in [1.54, 1.807) is 0 Å². The molecule has 13 nitrogen and oxygen atoms in total. The Balaban J connectivity index is 0.000000102. The molecular weight excluding hydrogens is 1790 g/mol. The van der Waals surface area contributed by atoms with Gasteiger partial charge in [0.1, 0.15) is 28.4 Å². The molecule has 32 aromatic rings. The first-order valence-corrected chi connectivity index (χ1v) is 49.8. The Bertz CT molecular complexity index is 11000. The highest BCUT2D eigenvalue weighted by atomic mass is 16.3. The van der Waals surface area contributed by atoms with Gasteiger partial charge in [0.15, 0.2) is 5.58 Å². The summed E-state index contributed by atoms with van der Waals surface area (Å²) in [5, 5.41) is 23.0. The van der Waals surface area contributed by atoms with Gasteiger partial charge in [0.05, 0.1) is 99.7 Å². The van der Waals surface area contributed by atoms with Crippen LogP contribution in [0.1, 0.15) is 0 Å². The second-order valence-electron chi connectivity index (χ2n) is 37.7. The van der Waals surface area contributed by atoms with Crippen LogP contribution in [0.4, 0.5) is 0 Å². The van der Waals surface area contributed by atoms with Crippen LogP contribution in [0.15, 0.2) is 502 Å². The predicted octanol–water partition coefficient (Wildman–Crippen LogP) is 34.3. The van der Waals surface area contributed by atoms with Gasteiger partial charge in [0.25, 0.3) is 0 Å². The summed E-state index contributed by atoms with van der Waals surface area (Å²) in [5.41, 5.74) is 30.9. The van der Waals surface area contributed by atoms with Crippen molar-refractivity contribution in [3.05, 3.63) is 497 Å². The molecule has 0 spiro atoms. The summed E-state index contributed by atoms with van der Waals surface area (Å²) in [5.74, 6) is 2.34. The van der Waals surface area contributed by atoms with Gasteiger partial charge in [0, 0.05) is 104 Å². The van der Waals surface area contributed by atoms with E-state index in [0.29, 0.717) is 11.5 Å². The minimum Gasteiger partial charge on any atom is -0.452 e. The maximum Gasteiger partial charge on any atom is 0.236 e. The molecule has 147 heavy (non-hydrogen) atoms. The van der Waals surface area contributed by atoms with E-state index in [0.717, 1.165) is 151 Å². The second-order valence-corrected chi connectivity index (χ2v) is 37.7. The van der Waals surface area contributed by atoms with Gasteiger partial charge in [-0.1, -0.05) is 364 Å². The highest BCUT2D eigenvalue weighted by Gasteiger charge is 2.32. The molecule has 12 heterocycles. The maximum atomic E-state index is 6.49. The first-order chi connectivity index (χ1) is 73.0. The molecule has 684 valence electrons. The van der Waals surface area contributed by atoms with Gasteiger partial charge in [-0.2, -0.15) is 0 Å². The lowest BCUT2D eigenvalue weighted by atomic mass is 9.98. The zero-order valence-corrected chi connectivity index (χ0v) is 79.1. The molecule has 0 saturated heterocycles. The fraction of sp³-hybridized carbons (Fsp3) is 0. The number of hydrogen-bond donors (Lipinski definition) is 0. The monoisotopic (exact) mass is 1870 g/mol. The lowest BCUT2D eigenvalue weighted by molar-refractivity contribution is 0.666. The summed E-state index contributed by atoms with van der Waals surface area (Å²) in [6.07, 6.45) is 0. The Labute approximate surface area is 840 Å². The van der Waals surface area contributed by atoms with Gasteiger partial charge >= 0.3 is 0 Å². The molecule has 0 radical (unpaired) electrons. The van der Waals surface area contributed by atoms with Gasteiger partial charge in [-0.3, -0.25) is 13.7 Å². The average molecular weight is 1880 g/mol. The molecule has 20 aromatic carbocycles. The van der Waals surface area contributed by atoms with Gasteiger partial charge in [-0.15, -0.1) is 0 Å². The third-order valence-electron chi connectivity index (χ3n) is 29.7.